The van der Waals surface area contributed by atoms with Crippen LogP contribution in [0.15, 0.2) is 41.8 Å². The van der Waals surface area contributed by atoms with Gasteiger partial charge in [0, 0.05) is 18.8 Å². The molecule has 0 spiro atoms. The van der Waals surface area contributed by atoms with Gasteiger partial charge in [-0.15, -0.1) is 11.3 Å². The lowest BCUT2D eigenvalue weighted by molar-refractivity contribution is 0.0701. The molecule has 20 heavy (non-hydrogen) atoms. The number of carboxylic acid groups (broad SMARTS) is 1. The Morgan fingerprint density at radius 2 is 2.05 bits per heavy atom. The molecule has 0 bridgehead atoms. The van der Waals surface area contributed by atoms with Crippen molar-refractivity contribution in [3.05, 3.63) is 52.2 Å². The van der Waals surface area contributed by atoms with E-state index in [1.165, 1.54) is 11.3 Å². The summed E-state index contributed by atoms with van der Waals surface area (Å²) in [5.74, 6) is -0.900. The van der Waals surface area contributed by atoms with Crippen LogP contribution in [0.2, 0.25) is 0 Å². The van der Waals surface area contributed by atoms with E-state index < -0.39 is 5.97 Å². The minimum atomic E-state index is -0.900. The van der Waals surface area contributed by atoms with Gasteiger partial charge in [-0.25, -0.2) is 4.79 Å². The molecule has 0 aliphatic rings. The average Bonchev–Trinajstić information content (AvgIpc) is 2.92. The summed E-state index contributed by atoms with van der Waals surface area (Å²) in [5, 5.41) is 19.7. The van der Waals surface area contributed by atoms with Gasteiger partial charge in [0.15, 0.2) is 0 Å². The van der Waals surface area contributed by atoms with E-state index in [9.17, 15) is 4.79 Å². The fraction of sp³-hybridized carbons (Fsp3) is 0.200. The maximum absolute atomic E-state index is 11.2. The van der Waals surface area contributed by atoms with Crippen LogP contribution in [0.4, 0.5) is 5.69 Å². The van der Waals surface area contributed by atoms with Crippen molar-refractivity contribution in [2.45, 2.75) is 13.0 Å². The Kier molecular flexibility index (Phi) is 4.75. The quantitative estimate of drug-likeness (QED) is 0.884. The molecule has 1 aromatic heterocycles. The van der Waals surface area contributed by atoms with E-state index in [4.69, 9.17) is 10.4 Å². The molecule has 0 fully saturated rings. The molecule has 0 saturated heterocycles. The van der Waals surface area contributed by atoms with E-state index in [0.717, 1.165) is 11.3 Å². The Hall–Kier alpha value is -2.32. The van der Waals surface area contributed by atoms with Gasteiger partial charge >= 0.3 is 5.97 Å². The van der Waals surface area contributed by atoms with Crippen molar-refractivity contribution in [1.82, 2.24) is 0 Å². The van der Waals surface area contributed by atoms with Crippen LogP contribution in [-0.2, 0) is 6.54 Å². The Morgan fingerprint density at radius 1 is 1.30 bits per heavy atom. The molecule has 2 aromatic rings. The largest absolute Gasteiger partial charge is 0.477 e. The highest BCUT2D eigenvalue weighted by Gasteiger charge is 2.15. The van der Waals surface area contributed by atoms with Crippen LogP contribution < -0.4 is 4.90 Å². The van der Waals surface area contributed by atoms with Crippen molar-refractivity contribution >= 4 is 23.0 Å². The summed E-state index contributed by atoms with van der Waals surface area (Å²) >= 11 is 1.23. The highest BCUT2D eigenvalue weighted by atomic mass is 32.1. The normalized spacial score (nSPS) is 9.95. The van der Waals surface area contributed by atoms with E-state index in [1.54, 1.807) is 5.38 Å². The fourth-order valence-corrected chi connectivity index (χ4v) is 2.73. The number of aromatic carboxylic acids is 1. The van der Waals surface area contributed by atoms with Gasteiger partial charge in [-0.05, 0) is 29.1 Å². The first-order valence-corrected chi connectivity index (χ1v) is 7.07. The number of nitriles is 1. The van der Waals surface area contributed by atoms with E-state index in [-0.39, 0.29) is 0 Å². The third kappa shape index (κ3) is 3.37. The lowest BCUT2D eigenvalue weighted by Crippen LogP contribution is -2.24. The second kappa shape index (κ2) is 6.73. The zero-order chi connectivity index (χ0) is 14.4. The maximum atomic E-state index is 11.2. The highest BCUT2D eigenvalue weighted by molar-refractivity contribution is 7.12. The number of para-hydroxylation sites is 1. The van der Waals surface area contributed by atoms with Crippen molar-refractivity contribution in [2.24, 2.45) is 0 Å². The molecule has 0 unspecified atom stereocenters. The molecular formula is C15H14N2O2S. The molecule has 0 aliphatic heterocycles. The van der Waals surface area contributed by atoms with E-state index in [2.05, 4.69) is 6.07 Å². The standard InChI is InChI=1S/C15H14N2O2S/c16-8-4-9-17(13-5-2-1-3-6-13)11-12-7-10-20-14(12)15(18)19/h1-3,5-7,10H,4,9,11H2,(H,18,19). The molecule has 2 rings (SSSR count). The Morgan fingerprint density at radius 3 is 2.70 bits per heavy atom. The van der Waals surface area contributed by atoms with Crippen molar-refractivity contribution in [3.63, 3.8) is 0 Å². The van der Waals surface area contributed by atoms with Crippen molar-refractivity contribution < 1.29 is 9.90 Å². The summed E-state index contributed by atoms with van der Waals surface area (Å²) in [5.41, 5.74) is 1.77. The monoisotopic (exact) mass is 286 g/mol. The van der Waals surface area contributed by atoms with Crippen LogP contribution in [0, 0.1) is 11.3 Å². The van der Waals surface area contributed by atoms with Gasteiger partial charge in [-0.3, -0.25) is 0 Å². The number of benzene rings is 1. The highest BCUT2D eigenvalue weighted by Crippen LogP contribution is 2.22. The first-order chi connectivity index (χ1) is 9.72. The molecular weight excluding hydrogens is 272 g/mol. The zero-order valence-corrected chi connectivity index (χ0v) is 11.6. The lowest BCUT2D eigenvalue weighted by Gasteiger charge is -2.23. The molecule has 102 valence electrons. The molecule has 0 radical (unpaired) electrons. The Balaban J connectivity index is 2.22. The van der Waals surface area contributed by atoms with Gasteiger partial charge in [0.25, 0.3) is 0 Å². The van der Waals surface area contributed by atoms with Crippen LogP contribution in [0.5, 0.6) is 0 Å². The lowest BCUT2D eigenvalue weighted by atomic mass is 10.2. The molecule has 0 saturated carbocycles. The fourth-order valence-electron chi connectivity index (χ4n) is 1.98. The van der Waals surface area contributed by atoms with Gasteiger partial charge in [-0.1, -0.05) is 18.2 Å². The van der Waals surface area contributed by atoms with Gasteiger partial charge in [-0.2, -0.15) is 5.26 Å². The first-order valence-electron chi connectivity index (χ1n) is 6.19. The van der Waals surface area contributed by atoms with E-state index in [1.807, 2.05) is 41.3 Å². The number of rotatable bonds is 6. The van der Waals surface area contributed by atoms with Gasteiger partial charge in [0.2, 0.25) is 0 Å². The Labute approximate surface area is 121 Å². The smallest absolute Gasteiger partial charge is 0.346 e. The van der Waals surface area contributed by atoms with Gasteiger partial charge < -0.3 is 10.0 Å². The molecule has 1 N–H and O–H groups in total. The molecule has 5 heteroatoms. The molecule has 1 heterocycles. The Bertz CT molecular complexity index is 616. The second-order valence-corrected chi connectivity index (χ2v) is 5.16. The molecule has 4 nitrogen and oxygen atoms in total. The molecule has 0 amide bonds. The van der Waals surface area contributed by atoms with Gasteiger partial charge in [0.1, 0.15) is 4.88 Å². The second-order valence-electron chi connectivity index (χ2n) is 4.25. The van der Waals surface area contributed by atoms with Crippen molar-refractivity contribution in [3.8, 4) is 6.07 Å². The summed E-state index contributed by atoms with van der Waals surface area (Å²) in [4.78, 5) is 13.5. The topological polar surface area (TPSA) is 64.3 Å². The predicted octanol–water partition coefficient (Wildman–Crippen LogP) is 3.37. The number of hydrogen-bond acceptors (Lipinski definition) is 4. The number of hydrogen-bond donors (Lipinski definition) is 1. The number of nitrogens with zero attached hydrogens (tertiary/aromatic N) is 2. The van der Waals surface area contributed by atoms with Crippen LogP contribution in [-0.4, -0.2) is 17.6 Å². The maximum Gasteiger partial charge on any atom is 0.346 e. The number of anilines is 1. The van der Waals surface area contributed by atoms with E-state index >= 15 is 0 Å². The summed E-state index contributed by atoms with van der Waals surface area (Å²) < 4.78 is 0. The van der Waals surface area contributed by atoms with Crippen LogP contribution in [0.1, 0.15) is 21.7 Å². The molecule has 1 aromatic carbocycles. The minimum absolute atomic E-state index is 0.364. The van der Waals surface area contributed by atoms with Crippen LogP contribution in [0.3, 0.4) is 0 Å². The summed E-state index contributed by atoms with van der Waals surface area (Å²) in [7, 11) is 0. The number of carboxylic acids is 1. The summed E-state index contributed by atoms with van der Waals surface area (Å²) in [6, 6.07) is 13.7. The number of thiophene rings is 1. The van der Waals surface area contributed by atoms with Crippen LogP contribution in [0.25, 0.3) is 0 Å². The first kappa shape index (κ1) is 14.1. The number of carbonyl (C=O) groups is 1. The van der Waals surface area contributed by atoms with Crippen molar-refractivity contribution in [2.75, 3.05) is 11.4 Å². The summed E-state index contributed by atoms with van der Waals surface area (Å²) in [6.45, 7) is 1.08. The third-order valence-corrected chi connectivity index (χ3v) is 3.86. The molecule has 0 aliphatic carbocycles. The third-order valence-electron chi connectivity index (χ3n) is 2.92. The van der Waals surface area contributed by atoms with Crippen LogP contribution >= 0.6 is 11.3 Å². The van der Waals surface area contributed by atoms with Gasteiger partial charge in [0.05, 0.1) is 12.5 Å². The van der Waals surface area contributed by atoms with E-state index in [0.29, 0.717) is 24.4 Å². The minimum Gasteiger partial charge on any atom is -0.477 e. The van der Waals surface area contributed by atoms with Crippen molar-refractivity contribution in [1.29, 1.82) is 5.26 Å². The SMILES string of the molecule is N#CCCN(Cc1ccsc1C(=O)O)c1ccccc1. The average molecular weight is 286 g/mol. The predicted molar refractivity (Wildman–Crippen MR) is 79.0 cm³/mol. The zero-order valence-electron chi connectivity index (χ0n) is 10.8. The summed E-state index contributed by atoms with van der Waals surface area (Å²) in [6.07, 6.45) is 0.404. The molecule has 0 atom stereocenters.